The van der Waals surface area contributed by atoms with Crippen LogP contribution in [0.15, 0.2) is 78.9 Å². The highest BCUT2D eigenvalue weighted by atomic mass is 16.5. The number of benzene rings is 3. The monoisotopic (exact) mass is 416 g/mol. The number of aryl methyl sites for hydroxylation is 1. The van der Waals surface area contributed by atoms with E-state index in [-0.39, 0.29) is 18.2 Å². The van der Waals surface area contributed by atoms with Crippen LogP contribution < -0.4 is 10.6 Å². The lowest BCUT2D eigenvalue weighted by atomic mass is 10.0. The molecular formula is C25H24N2O4. The minimum Gasteiger partial charge on any atom is -0.465 e. The third kappa shape index (κ3) is 5.79. The van der Waals surface area contributed by atoms with Crippen molar-refractivity contribution in [2.24, 2.45) is 0 Å². The second-order valence-electron chi connectivity index (χ2n) is 7.08. The number of anilines is 1. The van der Waals surface area contributed by atoms with Crippen LogP contribution in [-0.2, 0) is 9.53 Å². The van der Waals surface area contributed by atoms with Crippen molar-refractivity contribution in [3.05, 3.63) is 101 Å². The molecule has 0 bridgehead atoms. The minimum atomic E-state index is -0.516. The topological polar surface area (TPSA) is 84.5 Å². The number of hydrogen-bond donors (Lipinski definition) is 2. The second kappa shape index (κ2) is 10.2. The van der Waals surface area contributed by atoms with E-state index in [0.29, 0.717) is 16.8 Å². The first-order chi connectivity index (χ1) is 15.0. The summed E-state index contributed by atoms with van der Waals surface area (Å²) < 4.78 is 4.75. The summed E-state index contributed by atoms with van der Waals surface area (Å²) >= 11 is 0. The number of methoxy groups -OCH3 is 1. The highest BCUT2D eigenvalue weighted by Gasteiger charge is 2.20. The molecule has 2 amide bonds. The van der Waals surface area contributed by atoms with E-state index in [2.05, 4.69) is 10.6 Å². The summed E-state index contributed by atoms with van der Waals surface area (Å²) in [5.41, 5.74) is 3.02. The smallest absolute Gasteiger partial charge is 0.337 e. The number of hydrogen-bond acceptors (Lipinski definition) is 4. The fraction of sp³-hybridized carbons (Fsp3) is 0.160. The van der Waals surface area contributed by atoms with Crippen molar-refractivity contribution >= 4 is 23.5 Å². The largest absolute Gasteiger partial charge is 0.465 e. The fourth-order valence-electron chi connectivity index (χ4n) is 3.16. The van der Waals surface area contributed by atoms with Gasteiger partial charge in [0.25, 0.3) is 5.91 Å². The zero-order chi connectivity index (χ0) is 22.2. The summed E-state index contributed by atoms with van der Waals surface area (Å²) in [5.74, 6) is -1.02. The maximum absolute atomic E-state index is 12.8. The molecule has 158 valence electrons. The van der Waals surface area contributed by atoms with Gasteiger partial charge in [0.1, 0.15) is 0 Å². The number of carbonyl (C=O) groups is 3. The first-order valence-electron chi connectivity index (χ1n) is 9.87. The molecule has 6 heteroatoms. The zero-order valence-corrected chi connectivity index (χ0v) is 17.4. The highest BCUT2D eigenvalue weighted by Crippen LogP contribution is 2.21. The Hall–Kier alpha value is -3.93. The van der Waals surface area contributed by atoms with Gasteiger partial charge in [-0.3, -0.25) is 9.59 Å². The van der Waals surface area contributed by atoms with E-state index in [1.807, 2.05) is 43.3 Å². The van der Waals surface area contributed by atoms with Gasteiger partial charge in [0, 0.05) is 11.3 Å². The Kier molecular flexibility index (Phi) is 7.17. The molecule has 1 atom stereocenters. The van der Waals surface area contributed by atoms with Crippen molar-refractivity contribution in [3.63, 3.8) is 0 Å². The standard InChI is InChI=1S/C25H24N2O4/c1-17-13-14-20(25(30)31-2)15-21(17)26-23(28)16-22(18-9-5-3-6-10-18)27-24(29)19-11-7-4-8-12-19/h3-15,22H,16H2,1-2H3,(H,26,28)(H,27,29). The minimum absolute atomic E-state index is 0.0322. The molecule has 0 aliphatic rings. The van der Waals surface area contributed by atoms with Crippen LogP contribution in [-0.4, -0.2) is 24.9 Å². The summed E-state index contributed by atoms with van der Waals surface area (Å²) in [6.45, 7) is 1.84. The summed E-state index contributed by atoms with van der Waals surface area (Å²) in [6.07, 6.45) is 0.0322. The van der Waals surface area contributed by atoms with Crippen molar-refractivity contribution in [2.75, 3.05) is 12.4 Å². The van der Waals surface area contributed by atoms with Gasteiger partial charge < -0.3 is 15.4 Å². The van der Waals surface area contributed by atoms with Gasteiger partial charge in [-0.05, 0) is 42.3 Å². The number of rotatable bonds is 7. The number of ether oxygens (including phenoxy) is 1. The lowest BCUT2D eigenvalue weighted by Gasteiger charge is -2.20. The Bertz CT molecular complexity index is 1070. The van der Waals surface area contributed by atoms with E-state index >= 15 is 0 Å². The van der Waals surface area contributed by atoms with E-state index in [1.54, 1.807) is 42.5 Å². The van der Waals surface area contributed by atoms with E-state index in [0.717, 1.165) is 11.1 Å². The molecule has 0 fully saturated rings. The van der Waals surface area contributed by atoms with Crippen LogP contribution in [0.25, 0.3) is 0 Å². The molecule has 0 aliphatic carbocycles. The predicted molar refractivity (Wildman–Crippen MR) is 119 cm³/mol. The molecule has 3 aromatic rings. The quantitative estimate of drug-likeness (QED) is 0.563. The van der Waals surface area contributed by atoms with E-state index in [9.17, 15) is 14.4 Å². The third-order valence-corrected chi connectivity index (χ3v) is 4.87. The van der Waals surface area contributed by atoms with Crippen LogP contribution in [0, 0.1) is 6.92 Å². The highest BCUT2D eigenvalue weighted by molar-refractivity contribution is 5.97. The van der Waals surface area contributed by atoms with Crippen LogP contribution in [0.5, 0.6) is 0 Å². The van der Waals surface area contributed by atoms with Crippen LogP contribution in [0.1, 0.15) is 44.3 Å². The van der Waals surface area contributed by atoms with Crippen molar-refractivity contribution in [1.82, 2.24) is 5.32 Å². The van der Waals surface area contributed by atoms with E-state index in [4.69, 9.17) is 4.74 Å². The van der Waals surface area contributed by atoms with Crippen LogP contribution in [0.3, 0.4) is 0 Å². The van der Waals surface area contributed by atoms with Gasteiger partial charge in [-0.15, -0.1) is 0 Å². The fourth-order valence-corrected chi connectivity index (χ4v) is 3.16. The number of amides is 2. The van der Waals surface area contributed by atoms with Crippen LogP contribution in [0.2, 0.25) is 0 Å². The number of nitrogens with one attached hydrogen (secondary N) is 2. The molecule has 3 aromatic carbocycles. The van der Waals surface area contributed by atoms with Crippen molar-refractivity contribution < 1.29 is 19.1 Å². The molecule has 0 saturated carbocycles. The van der Waals surface area contributed by atoms with Crippen LogP contribution >= 0.6 is 0 Å². The molecule has 31 heavy (non-hydrogen) atoms. The molecule has 0 saturated heterocycles. The maximum Gasteiger partial charge on any atom is 0.337 e. The number of carbonyl (C=O) groups excluding carboxylic acids is 3. The van der Waals surface area contributed by atoms with Gasteiger partial charge in [-0.1, -0.05) is 54.6 Å². The van der Waals surface area contributed by atoms with E-state index < -0.39 is 12.0 Å². The van der Waals surface area contributed by atoms with Gasteiger partial charge in [0.05, 0.1) is 25.1 Å². The van der Waals surface area contributed by atoms with Gasteiger partial charge in [-0.25, -0.2) is 4.79 Å². The summed E-state index contributed by atoms with van der Waals surface area (Å²) in [5, 5.41) is 5.79. The van der Waals surface area contributed by atoms with Crippen molar-refractivity contribution in [2.45, 2.75) is 19.4 Å². The molecule has 2 N–H and O–H groups in total. The third-order valence-electron chi connectivity index (χ3n) is 4.87. The lowest BCUT2D eigenvalue weighted by Crippen LogP contribution is -2.31. The van der Waals surface area contributed by atoms with Crippen molar-refractivity contribution in [3.8, 4) is 0 Å². The zero-order valence-electron chi connectivity index (χ0n) is 17.4. The van der Waals surface area contributed by atoms with E-state index in [1.165, 1.54) is 7.11 Å². The normalized spacial score (nSPS) is 11.3. The summed E-state index contributed by atoms with van der Waals surface area (Å²) in [6, 6.07) is 22.6. The molecule has 1 unspecified atom stereocenters. The maximum atomic E-state index is 12.8. The SMILES string of the molecule is COC(=O)c1ccc(C)c(NC(=O)CC(NC(=O)c2ccccc2)c2ccccc2)c1. The summed E-state index contributed by atoms with van der Waals surface area (Å²) in [4.78, 5) is 37.3. The molecule has 0 aliphatic heterocycles. The van der Waals surface area contributed by atoms with Crippen molar-refractivity contribution in [1.29, 1.82) is 0 Å². The second-order valence-corrected chi connectivity index (χ2v) is 7.08. The molecule has 0 aromatic heterocycles. The number of esters is 1. The Balaban J connectivity index is 1.77. The first kappa shape index (κ1) is 21.8. The first-order valence-corrected chi connectivity index (χ1v) is 9.87. The van der Waals surface area contributed by atoms with Gasteiger partial charge in [0.15, 0.2) is 0 Å². The average molecular weight is 416 g/mol. The van der Waals surface area contributed by atoms with Gasteiger partial charge in [0.2, 0.25) is 5.91 Å². The average Bonchev–Trinajstić information content (AvgIpc) is 2.80. The van der Waals surface area contributed by atoms with Gasteiger partial charge >= 0.3 is 5.97 Å². The molecule has 0 spiro atoms. The summed E-state index contributed by atoms with van der Waals surface area (Å²) in [7, 11) is 1.31. The molecular weight excluding hydrogens is 392 g/mol. The molecule has 0 radical (unpaired) electrons. The lowest BCUT2D eigenvalue weighted by molar-refractivity contribution is -0.116. The Labute approximate surface area is 181 Å². The Morgan fingerprint density at radius 2 is 1.52 bits per heavy atom. The molecule has 6 nitrogen and oxygen atoms in total. The van der Waals surface area contributed by atoms with Gasteiger partial charge in [-0.2, -0.15) is 0 Å². The van der Waals surface area contributed by atoms with Crippen LogP contribution in [0.4, 0.5) is 5.69 Å². The Morgan fingerprint density at radius 1 is 0.871 bits per heavy atom. The predicted octanol–water partition coefficient (Wildman–Crippen LogP) is 4.28. The Morgan fingerprint density at radius 3 is 2.16 bits per heavy atom. The molecule has 3 rings (SSSR count). The molecule has 0 heterocycles.